The van der Waals surface area contributed by atoms with Gasteiger partial charge in [-0.15, -0.1) is 0 Å². The quantitative estimate of drug-likeness (QED) is 0.730. The van der Waals surface area contributed by atoms with Gasteiger partial charge in [-0.1, -0.05) is 6.07 Å². The lowest BCUT2D eigenvalue weighted by atomic mass is 9.78. The van der Waals surface area contributed by atoms with Crippen molar-refractivity contribution in [3.8, 4) is 0 Å². The zero-order valence-corrected chi connectivity index (χ0v) is 7.60. The van der Waals surface area contributed by atoms with Gasteiger partial charge >= 0.3 is 5.97 Å². The molecule has 3 aliphatic rings. The van der Waals surface area contributed by atoms with E-state index in [0.717, 1.165) is 17.8 Å². The van der Waals surface area contributed by atoms with E-state index in [9.17, 15) is 4.79 Å². The van der Waals surface area contributed by atoms with Crippen molar-refractivity contribution in [3.05, 3.63) is 34.9 Å². The van der Waals surface area contributed by atoms with E-state index in [4.69, 9.17) is 5.11 Å². The molecule has 1 aromatic rings. The molecule has 2 saturated carbocycles. The Labute approximate surface area is 81.6 Å². The van der Waals surface area contributed by atoms with Crippen LogP contribution in [0.15, 0.2) is 18.2 Å². The van der Waals surface area contributed by atoms with Crippen LogP contribution in [0, 0.1) is 11.8 Å². The van der Waals surface area contributed by atoms with Gasteiger partial charge in [-0.2, -0.15) is 0 Å². The molecule has 0 unspecified atom stereocenters. The third-order valence-electron chi connectivity index (χ3n) is 4.31. The summed E-state index contributed by atoms with van der Waals surface area (Å²) in [6, 6.07) is 5.68. The van der Waals surface area contributed by atoms with Crippen molar-refractivity contribution in [2.24, 2.45) is 11.8 Å². The molecular weight excluding hydrogens is 176 g/mol. The molecule has 0 radical (unpaired) electrons. The maximum absolute atomic E-state index is 10.8. The average Bonchev–Trinajstić information content (AvgIpc) is 2.62. The van der Waals surface area contributed by atoms with Crippen LogP contribution >= 0.6 is 0 Å². The minimum absolute atomic E-state index is 0.452. The van der Waals surface area contributed by atoms with Crippen LogP contribution in [0.4, 0.5) is 0 Å². The van der Waals surface area contributed by atoms with E-state index in [1.807, 2.05) is 12.1 Å². The summed E-state index contributed by atoms with van der Waals surface area (Å²) in [5.74, 6) is 2.57. The van der Waals surface area contributed by atoms with E-state index in [1.165, 1.54) is 17.5 Å². The van der Waals surface area contributed by atoms with Crippen LogP contribution in [0.2, 0.25) is 0 Å². The average molecular weight is 186 g/mol. The first-order valence-corrected chi connectivity index (χ1v) is 5.14. The normalized spacial score (nSPS) is 39.7. The van der Waals surface area contributed by atoms with Gasteiger partial charge in [0.05, 0.1) is 5.56 Å². The van der Waals surface area contributed by atoms with E-state index >= 15 is 0 Å². The summed E-state index contributed by atoms with van der Waals surface area (Å²) in [6.45, 7) is 0. The molecule has 0 heterocycles. The Kier molecular flexibility index (Phi) is 0.944. The predicted molar refractivity (Wildman–Crippen MR) is 50.5 cm³/mol. The van der Waals surface area contributed by atoms with Crippen LogP contribution in [0.1, 0.15) is 39.7 Å². The van der Waals surface area contributed by atoms with Gasteiger partial charge in [0.25, 0.3) is 0 Å². The van der Waals surface area contributed by atoms with Gasteiger partial charge in [-0.25, -0.2) is 4.79 Å². The van der Waals surface area contributed by atoms with Crippen LogP contribution in [0.3, 0.4) is 0 Å². The number of fused-ring (bicyclic) bond motifs is 4. The Morgan fingerprint density at radius 3 is 3.00 bits per heavy atom. The maximum atomic E-state index is 10.8. The highest BCUT2D eigenvalue weighted by Gasteiger charge is 2.68. The van der Waals surface area contributed by atoms with E-state index in [1.54, 1.807) is 6.07 Å². The molecule has 70 valence electrons. The van der Waals surface area contributed by atoms with Gasteiger partial charge in [0.1, 0.15) is 0 Å². The minimum atomic E-state index is -0.802. The van der Waals surface area contributed by atoms with Crippen molar-refractivity contribution in [1.82, 2.24) is 0 Å². The molecule has 0 amide bonds. The molecule has 0 bridgehead atoms. The van der Waals surface area contributed by atoms with Crippen molar-refractivity contribution in [1.29, 1.82) is 0 Å². The molecule has 2 heteroatoms. The highest BCUT2D eigenvalue weighted by atomic mass is 16.4. The molecule has 1 aromatic carbocycles. The largest absolute Gasteiger partial charge is 0.478 e. The highest BCUT2D eigenvalue weighted by Crippen LogP contribution is 2.78. The van der Waals surface area contributed by atoms with Crippen molar-refractivity contribution < 1.29 is 9.90 Å². The Morgan fingerprint density at radius 1 is 1.36 bits per heavy atom. The van der Waals surface area contributed by atoms with Gasteiger partial charge in [0.2, 0.25) is 0 Å². The SMILES string of the molecule is O=C(O)c1ccc2c(c1)[C@@H]1C[C@@H]3[C@H]2[C@@H]31. The van der Waals surface area contributed by atoms with Gasteiger partial charge < -0.3 is 5.11 Å². The molecule has 1 N–H and O–H groups in total. The number of aromatic carboxylic acids is 1. The Morgan fingerprint density at radius 2 is 2.21 bits per heavy atom. The van der Waals surface area contributed by atoms with Crippen LogP contribution in [-0.2, 0) is 0 Å². The van der Waals surface area contributed by atoms with Gasteiger partial charge in [0, 0.05) is 0 Å². The number of hydrogen-bond acceptors (Lipinski definition) is 1. The van der Waals surface area contributed by atoms with E-state index in [0.29, 0.717) is 11.5 Å². The summed E-state index contributed by atoms with van der Waals surface area (Å²) < 4.78 is 0. The smallest absolute Gasteiger partial charge is 0.335 e. The summed E-state index contributed by atoms with van der Waals surface area (Å²) in [5, 5.41) is 8.89. The van der Waals surface area contributed by atoms with Crippen LogP contribution in [-0.4, -0.2) is 11.1 Å². The fourth-order valence-corrected chi connectivity index (χ4v) is 3.61. The van der Waals surface area contributed by atoms with Crippen LogP contribution in [0.25, 0.3) is 0 Å². The summed E-state index contributed by atoms with van der Waals surface area (Å²) >= 11 is 0. The van der Waals surface area contributed by atoms with E-state index < -0.39 is 5.97 Å². The van der Waals surface area contributed by atoms with E-state index in [2.05, 4.69) is 0 Å². The van der Waals surface area contributed by atoms with Gasteiger partial charge in [0.15, 0.2) is 0 Å². The summed E-state index contributed by atoms with van der Waals surface area (Å²) in [6.07, 6.45) is 1.31. The zero-order valence-electron chi connectivity index (χ0n) is 7.60. The number of benzene rings is 1. The van der Waals surface area contributed by atoms with Crippen LogP contribution in [0.5, 0.6) is 0 Å². The molecule has 3 aliphatic carbocycles. The number of carboxylic acid groups (broad SMARTS) is 1. The Hall–Kier alpha value is -1.31. The lowest BCUT2D eigenvalue weighted by molar-refractivity contribution is 0.0696. The third kappa shape index (κ3) is 0.578. The molecule has 2 fully saturated rings. The van der Waals surface area contributed by atoms with Gasteiger partial charge in [-0.3, -0.25) is 0 Å². The van der Waals surface area contributed by atoms with Crippen LogP contribution < -0.4 is 0 Å². The van der Waals surface area contributed by atoms with E-state index in [-0.39, 0.29) is 0 Å². The standard InChI is InChI=1S/C12H10O2/c13-12(14)5-1-2-6-7(3-5)8-4-9-10(6)11(8)9/h1-3,8-11H,4H2,(H,13,14)/t8-,9+,10-,11+/m0/s1. The second-order valence-electron chi connectivity index (χ2n) is 4.76. The number of hydrogen-bond donors (Lipinski definition) is 1. The van der Waals surface area contributed by atoms with Gasteiger partial charge in [-0.05, 0) is 53.4 Å². The minimum Gasteiger partial charge on any atom is -0.478 e. The first-order valence-electron chi connectivity index (χ1n) is 5.14. The molecular formula is C12H10O2. The Balaban J connectivity index is 1.90. The van der Waals surface area contributed by atoms with Crippen molar-refractivity contribution >= 4 is 5.97 Å². The first kappa shape index (κ1) is 7.04. The number of rotatable bonds is 1. The second kappa shape index (κ2) is 1.88. The topological polar surface area (TPSA) is 37.3 Å². The monoisotopic (exact) mass is 186 g/mol. The van der Waals surface area contributed by atoms with Crippen molar-refractivity contribution in [3.63, 3.8) is 0 Å². The first-order chi connectivity index (χ1) is 6.77. The molecule has 0 saturated heterocycles. The molecule has 4 rings (SSSR count). The zero-order chi connectivity index (χ0) is 9.45. The molecule has 0 aromatic heterocycles. The number of carboxylic acids is 1. The number of carbonyl (C=O) groups is 1. The molecule has 0 aliphatic heterocycles. The molecule has 4 atom stereocenters. The summed E-state index contributed by atoms with van der Waals surface area (Å²) in [5.41, 5.74) is 3.23. The lowest BCUT2D eigenvalue weighted by Crippen LogP contribution is -2.15. The molecule has 14 heavy (non-hydrogen) atoms. The van der Waals surface area contributed by atoms with Crippen molar-refractivity contribution in [2.45, 2.75) is 18.3 Å². The van der Waals surface area contributed by atoms with Crippen molar-refractivity contribution in [2.75, 3.05) is 0 Å². The molecule has 2 nitrogen and oxygen atoms in total. The molecule has 0 spiro atoms. The Bertz CT molecular complexity index is 463. The fraction of sp³-hybridized carbons (Fsp3) is 0.417. The predicted octanol–water partition coefficient (Wildman–Crippen LogP) is 2.22. The maximum Gasteiger partial charge on any atom is 0.335 e. The summed E-state index contributed by atoms with van der Waals surface area (Å²) in [4.78, 5) is 10.8. The lowest BCUT2D eigenvalue weighted by Gasteiger charge is -2.26. The summed E-state index contributed by atoms with van der Waals surface area (Å²) in [7, 11) is 0. The second-order valence-corrected chi connectivity index (χ2v) is 4.76. The fourth-order valence-electron chi connectivity index (χ4n) is 3.61. The third-order valence-corrected chi connectivity index (χ3v) is 4.31. The highest BCUT2D eigenvalue weighted by molar-refractivity contribution is 5.88.